The smallest absolute Gasteiger partial charge is 0.0922 e. The zero-order valence-electron chi connectivity index (χ0n) is 12.3. The van der Waals surface area contributed by atoms with E-state index in [4.69, 9.17) is 4.99 Å². The summed E-state index contributed by atoms with van der Waals surface area (Å²) in [6.45, 7) is 5.36. The van der Waals surface area contributed by atoms with Gasteiger partial charge in [-0.1, -0.05) is 25.1 Å². The van der Waals surface area contributed by atoms with E-state index >= 15 is 0 Å². The Labute approximate surface area is 121 Å². The van der Waals surface area contributed by atoms with Gasteiger partial charge in [0.05, 0.1) is 17.8 Å². The number of aliphatic imine (C=N–C) groups is 1. The van der Waals surface area contributed by atoms with Crippen LogP contribution in [0.5, 0.6) is 0 Å². The molecular formula is C17H23N3. The molecule has 0 saturated carbocycles. The summed E-state index contributed by atoms with van der Waals surface area (Å²) in [4.78, 5) is 9.60. The third-order valence-electron chi connectivity index (χ3n) is 4.38. The molecule has 2 aliphatic heterocycles. The van der Waals surface area contributed by atoms with Crippen molar-refractivity contribution in [3.05, 3.63) is 41.7 Å². The van der Waals surface area contributed by atoms with Crippen molar-refractivity contribution in [3.63, 3.8) is 0 Å². The molecule has 20 heavy (non-hydrogen) atoms. The van der Waals surface area contributed by atoms with Gasteiger partial charge < -0.3 is 5.32 Å². The maximum atomic E-state index is 5.04. The van der Waals surface area contributed by atoms with Crippen molar-refractivity contribution in [2.45, 2.75) is 45.2 Å². The minimum absolute atomic E-state index is 0.250. The zero-order valence-corrected chi connectivity index (χ0v) is 12.3. The van der Waals surface area contributed by atoms with Crippen LogP contribution >= 0.6 is 0 Å². The van der Waals surface area contributed by atoms with Gasteiger partial charge in [0.1, 0.15) is 0 Å². The van der Waals surface area contributed by atoms with Gasteiger partial charge in [0, 0.05) is 18.5 Å². The average molecular weight is 269 g/mol. The summed E-state index contributed by atoms with van der Waals surface area (Å²) < 4.78 is 0. The highest BCUT2D eigenvalue weighted by Crippen LogP contribution is 2.30. The van der Waals surface area contributed by atoms with E-state index < -0.39 is 0 Å². The lowest BCUT2D eigenvalue weighted by Crippen LogP contribution is -2.44. The molecule has 3 heteroatoms. The highest BCUT2D eigenvalue weighted by Gasteiger charge is 2.27. The lowest BCUT2D eigenvalue weighted by atomic mass is 9.88. The fraction of sp³-hybridized carbons (Fsp3) is 0.529. The van der Waals surface area contributed by atoms with Crippen molar-refractivity contribution in [1.29, 1.82) is 0 Å². The Hall–Kier alpha value is -1.48. The topological polar surface area (TPSA) is 37.3 Å². The van der Waals surface area contributed by atoms with Crippen molar-refractivity contribution in [2.75, 3.05) is 6.54 Å². The van der Waals surface area contributed by atoms with Crippen LogP contribution in [0.4, 0.5) is 0 Å². The average Bonchev–Trinajstić information content (AvgIpc) is 2.48. The van der Waals surface area contributed by atoms with Crippen molar-refractivity contribution in [2.24, 2.45) is 10.9 Å². The molecular weight excluding hydrogens is 246 g/mol. The van der Waals surface area contributed by atoms with Crippen LogP contribution in [0.25, 0.3) is 0 Å². The summed E-state index contributed by atoms with van der Waals surface area (Å²) in [7, 11) is 0. The van der Waals surface area contributed by atoms with Crippen LogP contribution in [0.3, 0.4) is 0 Å². The van der Waals surface area contributed by atoms with Gasteiger partial charge in [0.15, 0.2) is 0 Å². The van der Waals surface area contributed by atoms with Crippen LogP contribution < -0.4 is 5.32 Å². The first kappa shape index (κ1) is 13.5. The Morgan fingerprint density at radius 1 is 1.35 bits per heavy atom. The summed E-state index contributed by atoms with van der Waals surface area (Å²) in [5.74, 6) is 0.533. The van der Waals surface area contributed by atoms with Gasteiger partial charge in [-0.3, -0.25) is 9.98 Å². The number of aryl methyl sites for hydroxylation is 1. The normalized spacial score (nSPS) is 30.1. The third-order valence-corrected chi connectivity index (χ3v) is 4.38. The molecule has 0 fully saturated rings. The largest absolute Gasteiger partial charge is 0.305 e. The quantitative estimate of drug-likeness (QED) is 0.837. The van der Waals surface area contributed by atoms with Gasteiger partial charge in [-0.25, -0.2) is 0 Å². The molecule has 3 heterocycles. The lowest BCUT2D eigenvalue weighted by molar-refractivity contribution is 0.493. The van der Waals surface area contributed by atoms with E-state index in [0.29, 0.717) is 12.0 Å². The molecule has 0 aliphatic carbocycles. The van der Waals surface area contributed by atoms with Crippen LogP contribution in [0, 0.1) is 12.8 Å². The molecule has 2 aliphatic rings. The Kier molecular flexibility index (Phi) is 3.97. The lowest BCUT2D eigenvalue weighted by Gasteiger charge is -2.31. The fourth-order valence-corrected chi connectivity index (χ4v) is 3.28. The fourth-order valence-electron chi connectivity index (χ4n) is 3.28. The van der Waals surface area contributed by atoms with E-state index in [1.165, 1.54) is 17.7 Å². The molecule has 0 amide bonds. The zero-order chi connectivity index (χ0) is 13.9. The second-order valence-corrected chi connectivity index (χ2v) is 5.91. The number of hydrogen-bond donors (Lipinski definition) is 1. The minimum Gasteiger partial charge on any atom is -0.305 e. The summed E-state index contributed by atoms with van der Waals surface area (Å²) >= 11 is 0. The predicted octanol–water partition coefficient (Wildman–Crippen LogP) is 3.22. The Bertz CT molecular complexity index is 533. The van der Waals surface area contributed by atoms with Crippen molar-refractivity contribution in [1.82, 2.24) is 10.3 Å². The minimum atomic E-state index is 0.250. The molecule has 0 bridgehead atoms. The van der Waals surface area contributed by atoms with Crippen LogP contribution in [0.15, 0.2) is 35.5 Å². The van der Waals surface area contributed by atoms with E-state index in [9.17, 15) is 0 Å². The summed E-state index contributed by atoms with van der Waals surface area (Å²) in [6, 6.07) is 4.80. The highest BCUT2D eigenvalue weighted by molar-refractivity contribution is 5.91. The molecule has 0 aromatic carbocycles. The SMILES string of the molecule is Cc1cccnc1C1CCCC(C2NCC=CC2C)=N1. The third kappa shape index (κ3) is 2.68. The number of nitrogens with zero attached hydrogens (tertiary/aromatic N) is 2. The Balaban J connectivity index is 1.86. The van der Waals surface area contributed by atoms with E-state index in [0.717, 1.165) is 25.1 Å². The summed E-state index contributed by atoms with van der Waals surface area (Å²) in [6.07, 6.45) is 9.87. The summed E-state index contributed by atoms with van der Waals surface area (Å²) in [5, 5.41) is 3.59. The number of pyridine rings is 1. The Morgan fingerprint density at radius 2 is 2.25 bits per heavy atom. The highest BCUT2D eigenvalue weighted by atomic mass is 15.0. The van der Waals surface area contributed by atoms with Gasteiger partial charge in [0.2, 0.25) is 0 Å². The number of hydrogen-bond acceptors (Lipinski definition) is 3. The molecule has 3 unspecified atom stereocenters. The number of aromatic nitrogens is 1. The van der Waals surface area contributed by atoms with E-state index in [2.05, 4.69) is 42.4 Å². The van der Waals surface area contributed by atoms with Crippen molar-refractivity contribution >= 4 is 5.71 Å². The number of rotatable bonds is 2. The molecule has 0 saturated heterocycles. The molecule has 3 rings (SSSR count). The maximum Gasteiger partial charge on any atom is 0.0922 e. The molecule has 3 atom stereocenters. The first-order valence-electron chi connectivity index (χ1n) is 7.64. The maximum absolute atomic E-state index is 5.04. The van der Waals surface area contributed by atoms with Crippen molar-refractivity contribution in [3.8, 4) is 0 Å². The molecule has 3 nitrogen and oxygen atoms in total. The van der Waals surface area contributed by atoms with Crippen LogP contribution in [0.2, 0.25) is 0 Å². The molecule has 1 N–H and O–H groups in total. The molecule has 106 valence electrons. The van der Waals surface area contributed by atoms with Crippen LogP contribution in [-0.2, 0) is 0 Å². The van der Waals surface area contributed by atoms with Crippen molar-refractivity contribution < 1.29 is 0 Å². The van der Waals surface area contributed by atoms with E-state index in [-0.39, 0.29) is 6.04 Å². The van der Waals surface area contributed by atoms with E-state index in [1.807, 2.05) is 12.3 Å². The molecule has 0 radical (unpaired) electrons. The summed E-state index contributed by atoms with van der Waals surface area (Å²) in [5.41, 5.74) is 3.75. The second-order valence-electron chi connectivity index (χ2n) is 5.91. The van der Waals surface area contributed by atoms with Gasteiger partial charge in [-0.2, -0.15) is 0 Å². The van der Waals surface area contributed by atoms with Gasteiger partial charge in [-0.05, 0) is 43.7 Å². The van der Waals surface area contributed by atoms with Crippen LogP contribution in [0.1, 0.15) is 43.5 Å². The van der Waals surface area contributed by atoms with Gasteiger partial charge in [0.25, 0.3) is 0 Å². The standard InChI is InChI=1S/C17H23N3/c1-12-6-4-10-18-16(12)14-8-3-9-15(20-14)17-13(2)7-5-11-19-17/h4-7,10,13-14,17,19H,3,8-9,11H2,1-2H3. The van der Waals surface area contributed by atoms with Crippen LogP contribution in [-0.4, -0.2) is 23.3 Å². The first-order valence-corrected chi connectivity index (χ1v) is 7.64. The molecule has 1 aromatic heterocycles. The van der Waals surface area contributed by atoms with Gasteiger partial charge in [-0.15, -0.1) is 0 Å². The predicted molar refractivity (Wildman–Crippen MR) is 83.1 cm³/mol. The van der Waals surface area contributed by atoms with Gasteiger partial charge >= 0.3 is 0 Å². The first-order chi connectivity index (χ1) is 9.75. The van der Waals surface area contributed by atoms with E-state index in [1.54, 1.807) is 0 Å². The monoisotopic (exact) mass is 269 g/mol. The number of nitrogens with one attached hydrogen (secondary N) is 1. The molecule has 0 spiro atoms. The Morgan fingerprint density at radius 3 is 3.05 bits per heavy atom. The molecule has 1 aromatic rings. The second kappa shape index (κ2) is 5.88.